The highest BCUT2D eigenvalue weighted by molar-refractivity contribution is 6.36. The molecule has 0 atom stereocenters. The fourth-order valence-electron chi connectivity index (χ4n) is 3.33. The van der Waals surface area contributed by atoms with E-state index in [1.807, 2.05) is 6.92 Å². The number of nitrogens with one attached hydrogen (secondary N) is 1. The van der Waals surface area contributed by atoms with Gasteiger partial charge in [-0.05, 0) is 49.2 Å². The summed E-state index contributed by atoms with van der Waals surface area (Å²) in [6.07, 6.45) is 0.540. The van der Waals surface area contributed by atoms with Gasteiger partial charge in [0.25, 0.3) is 11.8 Å². The van der Waals surface area contributed by atoms with Crippen LogP contribution in [0.1, 0.15) is 18.9 Å². The summed E-state index contributed by atoms with van der Waals surface area (Å²) < 4.78 is 15.9. The molecule has 8 heteroatoms. The van der Waals surface area contributed by atoms with Gasteiger partial charge in [-0.1, -0.05) is 23.7 Å². The second-order valence-electron chi connectivity index (χ2n) is 6.79. The molecule has 0 fully saturated rings. The molecule has 1 heterocycles. The number of hydrogen-bond donors (Lipinski definition) is 1. The van der Waals surface area contributed by atoms with Crippen LogP contribution in [0.15, 0.2) is 48.2 Å². The zero-order valence-electron chi connectivity index (χ0n) is 17.7. The second-order valence-corrected chi connectivity index (χ2v) is 7.22. The molecule has 0 saturated heterocycles. The molecule has 7 nitrogen and oxygen atoms in total. The van der Waals surface area contributed by atoms with E-state index in [1.165, 1.54) is 12.0 Å². The van der Waals surface area contributed by atoms with E-state index in [0.717, 1.165) is 0 Å². The SMILES string of the molecule is CCOc1ccc(C2=C(Nc3cc(Cl)ccc3OC)C(=O)N(CCCOC)C2=O)cc1. The van der Waals surface area contributed by atoms with Crippen molar-refractivity contribution < 1.29 is 23.8 Å². The number of amides is 2. The molecule has 2 aromatic carbocycles. The summed E-state index contributed by atoms with van der Waals surface area (Å²) in [6.45, 7) is 3.13. The fourth-order valence-corrected chi connectivity index (χ4v) is 3.50. The first-order chi connectivity index (χ1) is 15.0. The van der Waals surface area contributed by atoms with Crippen molar-refractivity contribution in [2.75, 3.05) is 39.3 Å². The molecule has 2 aromatic rings. The third-order valence-corrected chi connectivity index (χ3v) is 5.01. The minimum atomic E-state index is -0.410. The number of benzene rings is 2. The molecule has 0 spiro atoms. The molecule has 0 radical (unpaired) electrons. The molecule has 164 valence electrons. The zero-order chi connectivity index (χ0) is 22.4. The van der Waals surface area contributed by atoms with Crippen LogP contribution in [-0.2, 0) is 14.3 Å². The molecule has 0 saturated carbocycles. The number of carbonyl (C=O) groups excluding carboxylic acids is 2. The third kappa shape index (κ3) is 5.00. The van der Waals surface area contributed by atoms with E-state index in [-0.39, 0.29) is 23.7 Å². The Morgan fingerprint density at radius 1 is 1.03 bits per heavy atom. The summed E-state index contributed by atoms with van der Waals surface area (Å²) >= 11 is 6.14. The molecular weight excluding hydrogens is 420 g/mol. The van der Waals surface area contributed by atoms with Crippen molar-refractivity contribution in [3.8, 4) is 11.5 Å². The Kier molecular flexibility index (Phi) is 7.55. The Morgan fingerprint density at radius 2 is 1.77 bits per heavy atom. The first kappa shape index (κ1) is 22.7. The maximum absolute atomic E-state index is 13.2. The lowest BCUT2D eigenvalue weighted by Crippen LogP contribution is -2.33. The van der Waals surface area contributed by atoms with Gasteiger partial charge in [0, 0.05) is 25.3 Å². The van der Waals surface area contributed by atoms with E-state index in [1.54, 1.807) is 49.6 Å². The zero-order valence-corrected chi connectivity index (χ0v) is 18.5. The summed E-state index contributed by atoms with van der Waals surface area (Å²) in [5, 5.41) is 3.56. The maximum atomic E-state index is 13.2. The molecule has 0 bridgehead atoms. The Bertz CT molecular complexity index is 988. The minimum Gasteiger partial charge on any atom is -0.495 e. The van der Waals surface area contributed by atoms with Gasteiger partial charge in [-0.2, -0.15) is 0 Å². The summed E-state index contributed by atoms with van der Waals surface area (Å²) in [7, 11) is 3.10. The van der Waals surface area contributed by atoms with E-state index < -0.39 is 5.91 Å². The number of ether oxygens (including phenoxy) is 3. The first-order valence-corrected chi connectivity index (χ1v) is 10.3. The van der Waals surface area contributed by atoms with Crippen molar-refractivity contribution in [2.45, 2.75) is 13.3 Å². The molecular formula is C23H25ClN2O5. The van der Waals surface area contributed by atoms with Crippen molar-refractivity contribution in [1.29, 1.82) is 0 Å². The molecule has 0 aromatic heterocycles. The Labute approximate surface area is 186 Å². The van der Waals surface area contributed by atoms with Crippen molar-refractivity contribution in [3.05, 3.63) is 58.7 Å². The summed E-state index contributed by atoms with van der Waals surface area (Å²) in [5.41, 5.74) is 1.56. The van der Waals surface area contributed by atoms with Crippen LogP contribution in [-0.4, -0.2) is 50.7 Å². The van der Waals surface area contributed by atoms with Crippen LogP contribution in [0.25, 0.3) is 5.57 Å². The molecule has 0 unspecified atom stereocenters. The molecule has 2 amide bonds. The number of hydrogen-bond acceptors (Lipinski definition) is 6. The largest absolute Gasteiger partial charge is 0.495 e. The number of anilines is 1. The molecule has 1 aliphatic rings. The van der Waals surface area contributed by atoms with Crippen molar-refractivity contribution in [2.24, 2.45) is 0 Å². The van der Waals surface area contributed by atoms with Crippen LogP contribution >= 0.6 is 11.6 Å². The highest BCUT2D eigenvalue weighted by atomic mass is 35.5. The van der Waals surface area contributed by atoms with Gasteiger partial charge < -0.3 is 19.5 Å². The van der Waals surface area contributed by atoms with Gasteiger partial charge in [0.1, 0.15) is 17.2 Å². The van der Waals surface area contributed by atoms with Gasteiger partial charge >= 0.3 is 0 Å². The maximum Gasteiger partial charge on any atom is 0.278 e. The van der Waals surface area contributed by atoms with E-state index in [2.05, 4.69) is 5.32 Å². The van der Waals surface area contributed by atoms with E-state index >= 15 is 0 Å². The van der Waals surface area contributed by atoms with Gasteiger partial charge in [0.15, 0.2) is 0 Å². The predicted octanol–water partition coefficient (Wildman–Crippen LogP) is 3.98. The summed E-state index contributed by atoms with van der Waals surface area (Å²) in [4.78, 5) is 27.6. The van der Waals surface area contributed by atoms with Crippen LogP contribution in [0.5, 0.6) is 11.5 Å². The van der Waals surface area contributed by atoms with Crippen LogP contribution in [0.3, 0.4) is 0 Å². The highest BCUT2D eigenvalue weighted by Crippen LogP contribution is 2.35. The number of nitrogens with zero attached hydrogens (tertiary/aromatic N) is 1. The average molecular weight is 445 g/mol. The van der Waals surface area contributed by atoms with Crippen molar-refractivity contribution in [3.63, 3.8) is 0 Å². The van der Waals surface area contributed by atoms with Gasteiger partial charge in [0.2, 0.25) is 0 Å². The Balaban J connectivity index is 2.02. The lowest BCUT2D eigenvalue weighted by atomic mass is 10.0. The number of carbonyl (C=O) groups is 2. The smallest absolute Gasteiger partial charge is 0.278 e. The minimum absolute atomic E-state index is 0.173. The third-order valence-electron chi connectivity index (χ3n) is 4.77. The fraction of sp³-hybridized carbons (Fsp3) is 0.304. The van der Waals surface area contributed by atoms with Gasteiger partial charge in [-0.15, -0.1) is 0 Å². The predicted molar refractivity (Wildman–Crippen MR) is 119 cm³/mol. The van der Waals surface area contributed by atoms with Crippen LogP contribution < -0.4 is 14.8 Å². The van der Waals surface area contributed by atoms with E-state index in [4.69, 9.17) is 25.8 Å². The van der Waals surface area contributed by atoms with Crippen LogP contribution in [0.4, 0.5) is 5.69 Å². The summed E-state index contributed by atoms with van der Waals surface area (Å²) in [6, 6.07) is 12.1. The van der Waals surface area contributed by atoms with Gasteiger partial charge in [0.05, 0.1) is 25.0 Å². The first-order valence-electron chi connectivity index (χ1n) is 9.93. The molecule has 3 rings (SSSR count). The topological polar surface area (TPSA) is 77.1 Å². The van der Waals surface area contributed by atoms with Crippen molar-refractivity contribution in [1.82, 2.24) is 4.90 Å². The van der Waals surface area contributed by atoms with E-state index in [0.29, 0.717) is 47.4 Å². The molecule has 1 aliphatic heterocycles. The molecule has 0 aliphatic carbocycles. The van der Waals surface area contributed by atoms with Crippen LogP contribution in [0.2, 0.25) is 5.02 Å². The van der Waals surface area contributed by atoms with E-state index in [9.17, 15) is 9.59 Å². The lowest BCUT2D eigenvalue weighted by Gasteiger charge is -2.15. The lowest BCUT2D eigenvalue weighted by molar-refractivity contribution is -0.136. The number of imide groups is 1. The standard InChI is InChI=1S/C23H25ClN2O5/c1-4-31-17-9-6-15(7-10-17)20-21(23(28)26(22(20)27)12-5-13-29-2)25-18-14-16(24)8-11-19(18)30-3/h6-11,14,25H,4-5,12-13H2,1-3H3. The number of halogens is 1. The monoisotopic (exact) mass is 444 g/mol. The summed E-state index contributed by atoms with van der Waals surface area (Å²) in [5.74, 6) is 0.411. The highest BCUT2D eigenvalue weighted by Gasteiger charge is 2.39. The van der Waals surface area contributed by atoms with Crippen molar-refractivity contribution >= 4 is 34.7 Å². The molecule has 1 N–H and O–H groups in total. The van der Waals surface area contributed by atoms with Crippen LogP contribution in [0, 0.1) is 0 Å². The average Bonchev–Trinajstić information content (AvgIpc) is 2.99. The molecule has 31 heavy (non-hydrogen) atoms. The number of methoxy groups -OCH3 is 2. The van der Waals surface area contributed by atoms with Gasteiger partial charge in [-0.25, -0.2) is 0 Å². The second kappa shape index (κ2) is 10.3. The Morgan fingerprint density at radius 3 is 2.42 bits per heavy atom. The normalized spacial score (nSPS) is 13.7. The quantitative estimate of drug-likeness (QED) is 0.441. The number of rotatable bonds is 10. The Hall–Kier alpha value is -3.03. The van der Waals surface area contributed by atoms with Gasteiger partial charge in [-0.3, -0.25) is 14.5 Å².